The van der Waals surface area contributed by atoms with Gasteiger partial charge in [0.15, 0.2) is 0 Å². The van der Waals surface area contributed by atoms with Gasteiger partial charge in [0.25, 0.3) is 5.91 Å². The minimum absolute atomic E-state index is 0.155. The molecule has 172 valence electrons. The molecule has 0 aliphatic heterocycles. The first kappa shape index (κ1) is 24.7. The highest BCUT2D eigenvalue weighted by Gasteiger charge is 2.22. The van der Waals surface area contributed by atoms with E-state index in [1.54, 1.807) is 36.0 Å². The quantitative estimate of drug-likeness (QED) is 0.332. The topological polar surface area (TPSA) is 70.2 Å². The Kier molecular flexibility index (Phi) is 9.22. The van der Waals surface area contributed by atoms with E-state index in [9.17, 15) is 9.59 Å². The van der Waals surface area contributed by atoms with Crippen molar-refractivity contribution in [1.82, 2.24) is 5.32 Å². The third kappa shape index (κ3) is 7.27. The van der Waals surface area contributed by atoms with Crippen LogP contribution < -0.4 is 16.0 Å². The summed E-state index contributed by atoms with van der Waals surface area (Å²) in [6.07, 6.45) is 2.48. The van der Waals surface area contributed by atoms with Crippen LogP contribution in [-0.2, 0) is 4.79 Å². The minimum atomic E-state index is -0.669. The van der Waals surface area contributed by atoms with Crippen molar-refractivity contribution in [3.8, 4) is 0 Å². The van der Waals surface area contributed by atoms with Crippen LogP contribution in [-0.4, -0.2) is 29.9 Å². The highest BCUT2D eigenvalue weighted by atomic mass is 35.5. The molecule has 0 aliphatic carbocycles. The molecule has 0 radical (unpaired) electrons. The van der Waals surface area contributed by atoms with Gasteiger partial charge in [-0.15, -0.1) is 0 Å². The lowest BCUT2D eigenvalue weighted by Crippen LogP contribution is -2.44. The van der Waals surface area contributed by atoms with Crippen molar-refractivity contribution in [1.29, 1.82) is 0 Å². The van der Waals surface area contributed by atoms with Gasteiger partial charge in [0.1, 0.15) is 6.04 Å². The predicted octanol–water partition coefficient (Wildman–Crippen LogP) is 6.00. The van der Waals surface area contributed by atoms with E-state index in [2.05, 4.69) is 35.0 Å². The average Bonchev–Trinajstić information content (AvgIpc) is 2.83. The maximum atomic E-state index is 12.9. The van der Waals surface area contributed by atoms with Crippen molar-refractivity contribution in [2.45, 2.75) is 25.4 Å². The lowest BCUT2D eigenvalue weighted by atomic mass is 10.1. The second kappa shape index (κ2) is 12.3. The number of halogens is 1. The van der Waals surface area contributed by atoms with Gasteiger partial charge in [-0.05, 0) is 67.3 Å². The number of nitrogens with one attached hydrogen (secondary N) is 3. The van der Waals surface area contributed by atoms with Crippen molar-refractivity contribution in [2.24, 2.45) is 0 Å². The fourth-order valence-corrected chi connectivity index (χ4v) is 4.03. The summed E-state index contributed by atoms with van der Waals surface area (Å²) in [6, 6.07) is 24.0. The lowest BCUT2D eigenvalue weighted by Gasteiger charge is -2.19. The van der Waals surface area contributed by atoms with Crippen LogP contribution in [0.15, 0.2) is 78.9 Å². The largest absolute Gasteiger partial charge is 0.379 e. The highest BCUT2D eigenvalue weighted by molar-refractivity contribution is 7.98. The van der Waals surface area contributed by atoms with E-state index in [0.717, 1.165) is 11.4 Å². The van der Waals surface area contributed by atoms with Crippen LogP contribution in [0, 0.1) is 0 Å². The van der Waals surface area contributed by atoms with E-state index in [0.29, 0.717) is 22.7 Å². The van der Waals surface area contributed by atoms with Crippen LogP contribution in [0.5, 0.6) is 0 Å². The first-order chi connectivity index (χ1) is 16.0. The molecule has 0 bridgehead atoms. The number of rotatable bonds is 10. The zero-order valence-electron chi connectivity index (χ0n) is 18.7. The molecule has 5 nitrogen and oxygen atoms in total. The summed E-state index contributed by atoms with van der Waals surface area (Å²) in [5, 5.41) is 9.54. The summed E-state index contributed by atoms with van der Waals surface area (Å²) in [5.74, 6) is 0.111. The highest BCUT2D eigenvalue weighted by Crippen LogP contribution is 2.21. The minimum Gasteiger partial charge on any atom is -0.379 e. The van der Waals surface area contributed by atoms with Crippen molar-refractivity contribution in [3.63, 3.8) is 0 Å². The molecular formula is C26H28ClN3O2S. The number of hydrogen-bond donors (Lipinski definition) is 3. The number of carbonyl (C=O) groups excluding carboxylic acids is 2. The Morgan fingerprint density at radius 2 is 1.55 bits per heavy atom. The van der Waals surface area contributed by atoms with Crippen molar-refractivity contribution in [3.05, 3.63) is 95.0 Å². The van der Waals surface area contributed by atoms with Gasteiger partial charge in [-0.2, -0.15) is 11.8 Å². The molecule has 0 fully saturated rings. The lowest BCUT2D eigenvalue weighted by molar-refractivity contribution is -0.118. The van der Waals surface area contributed by atoms with Crippen molar-refractivity contribution < 1.29 is 9.59 Å². The Bertz CT molecular complexity index is 1060. The van der Waals surface area contributed by atoms with Gasteiger partial charge in [0.05, 0.1) is 10.6 Å². The third-order valence-electron chi connectivity index (χ3n) is 5.19. The predicted molar refractivity (Wildman–Crippen MR) is 139 cm³/mol. The molecule has 3 aromatic rings. The van der Waals surface area contributed by atoms with Gasteiger partial charge in [-0.3, -0.25) is 9.59 Å². The van der Waals surface area contributed by atoms with E-state index >= 15 is 0 Å². The summed E-state index contributed by atoms with van der Waals surface area (Å²) in [6.45, 7) is 2.10. The molecule has 0 aliphatic rings. The second-order valence-corrected chi connectivity index (χ2v) is 9.02. The van der Waals surface area contributed by atoms with E-state index in [4.69, 9.17) is 11.6 Å². The molecule has 33 heavy (non-hydrogen) atoms. The normalized spacial score (nSPS) is 12.5. The number of benzene rings is 3. The van der Waals surface area contributed by atoms with Crippen LogP contribution in [0.2, 0.25) is 5.02 Å². The Hall–Kier alpha value is -2.96. The zero-order valence-corrected chi connectivity index (χ0v) is 20.2. The standard InChI is InChI=1S/C26H28ClN3O2S/c1-18(19-8-4-3-5-9-19)28-20-12-14-21(15-13-20)29-26(32)24(16-17-33-2)30-25(31)22-10-6-7-11-23(22)27/h3-15,18,24,28H,16-17H2,1-2H3,(H,29,32)(H,30,31). The second-order valence-electron chi connectivity index (χ2n) is 7.63. The van der Waals surface area contributed by atoms with Crippen LogP contribution in [0.4, 0.5) is 11.4 Å². The van der Waals surface area contributed by atoms with Crippen molar-refractivity contribution in [2.75, 3.05) is 22.6 Å². The third-order valence-corrected chi connectivity index (χ3v) is 6.16. The molecule has 0 spiro atoms. The number of thioether (sulfide) groups is 1. The van der Waals surface area contributed by atoms with Crippen LogP contribution in [0.3, 0.4) is 0 Å². The molecule has 3 N–H and O–H groups in total. The number of amides is 2. The first-order valence-electron chi connectivity index (χ1n) is 10.7. The summed E-state index contributed by atoms with van der Waals surface area (Å²) < 4.78 is 0. The molecule has 3 rings (SSSR count). The Labute approximate surface area is 204 Å². The zero-order chi connectivity index (χ0) is 23.6. The van der Waals surface area contributed by atoms with E-state index in [1.807, 2.05) is 48.7 Å². The maximum absolute atomic E-state index is 12.9. The Morgan fingerprint density at radius 1 is 0.909 bits per heavy atom. The molecule has 0 heterocycles. The molecule has 7 heteroatoms. The summed E-state index contributed by atoms with van der Waals surface area (Å²) >= 11 is 7.75. The van der Waals surface area contributed by atoms with E-state index < -0.39 is 6.04 Å². The molecule has 2 atom stereocenters. The molecule has 0 saturated heterocycles. The fourth-order valence-electron chi connectivity index (χ4n) is 3.34. The first-order valence-corrected chi connectivity index (χ1v) is 12.5. The van der Waals surface area contributed by atoms with E-state index in [-0.39, 0.29) is 17.9 Å². The summed E-state index contributed by atoms with van der Waals surface area (Å²) in [5.41, 5.74) is 3.17. The molecule has 2 amide bonds. The van der Waals surface area contributed by atoms with Gasteiger partial charge in [-0.25, -0.2) is 0 Å². The number of anilines is 2. The monoisotopic (exact) mass is 481 g/mol. The van der Waals surface area contributed by atoms with Gasteiger partial charge >= 0.3 is 0 Å². The smallest absolute Gasteiger partial charge is 0.253 e. The summed E-state index contributed by atoms with van der Waals surface area (Å²) in [4.78, 5) is 25.6. The Morgan fingerprint density at radius 3 is 2.21 bits per heavy atom. The molecule has 2 unspecified atom stereocenters. The van der Waals surface area contributed by atoms with Gasteiger partial charge in [0, 0.05) is 17.4 Å². The average molecular weight is 482 g/mol. The fraction of sp³-hybridized carbons (Fsp3) is 0.231. The van der Waals surface area contributed by atoms with Crippen LogP contribution in [0.25, 0.3) is 0 Å². The molecule has 0 saturated carbocycles. The van der Waals surface area contributed by atoms with Crippen molar-refractivity contribution >= 4 is 46.6 Å². The molecule has 0 aromatic heterocycles. The summed E-state index contributed by atoms with van der Waals surface area (Å²) in [7, 11) is 0. The van der Waals surface area contributed by atoms with E-state index in [1.165, 1.54) is 5.56 Å². The Balaban J connectivity index is 1.62. The number of carbonyl (C=O) groups is 2. The SMILES string of the molecule is CSCCC(NC(=O)c1ccccc1Cl)C(=O)Nc1ccc(NC(C)c2ccccc2)cc1. The van der Waals surface area contributed by atoms with Crippen LogP contribution >= 0.6 is 23.4 Å². The maximum Gasteiger partial charge on any atom is 0.253 e. The van der Waals surface area contributed by atoms with Gasteiger partial charge in [0.2, 0.25) is 5.91 Å². The molecule has 3 aromatic carbocycles. The molecular weight excluding hydrogens is 454 g/mol. The number of hydrogen-bond acceptors (Lipinski definition) is 4. The van der Waals surface area contributed by atoms with Crippen LogP contribution in [0.1, 0.15) is 35.3 Å². The van der Waals surface area contributed by atoms with Gasteiger partial charge < -0.3 is 16.0 Å². The van der Waals surface area contributed by atoms with Gasteiger partial charge in [-0.1, -0.05) is 54.1 Å².